The van der Waals surface area contributed by atoms with E-state index in [0.717, 1.165) is 0 Å². The first-order chi connectivity index (χ1) is 23.3. The Hall–Kier alpha value is -1.58. The van der Waals surface area contributed by atoms with E-state index in [9.17, 15) is 14.7 Å². The second kappa shape index (κ2) is 35.3. The van der Waals surface area contributed by atoms with Gasteiger partial charge in [0.2, 0.25) is 0 Å². The Kier molecular flexibility index (Phi) is 34.1. The Morgan fingerprint density at radius 3 is 1.04 bits per heavy atom. The molecule has 0 aromatic rings. The second-order valence-electron chi connectivity index (χ2n) is 10.8. The lowest BCUT2D eigenvalue weighted by molar-refractivity contribution is -0.129. The summed E-state index contributed by atoms with van der Waals surface area (Å²) in [4.78, 5) is 23.4. The number of amides is 1. The van der Waals surface area contributed by atoms with Gasteiger partial charge >= 0.3 is 6.09 Å². The molecule has 0 aliphatic heterocycles. The molecule has 48 heavy (non-hydrogen) atoms. The predicted octanol–water partition coefficient (Wildman–Crippen LogP) is -0.384. The molecule has 17 heteroatoms. The van der Waals surface area contributed by atoms with Crippen LogP contribution in [0.25, 0.3) is 0 Å². The van der Waals surface area contributed by atoms with Gasteiger partial charge in [0.15, 0.2) is 5.78 Å². The quantitative estimate of drug-likeness (QED) is 0.0707. The Morgan fingerprint density at radius 1 is 0.500 bits per heavy atom. The summed E-state index contributed by atoms with van der Waals surface area (Å²) >= 11 is 0. The third kappa shape index (κ3) is 37.2. The number of alkyl carbamates (subject to hydrolysis) is 1. The van der Waals surface area contributed by atoms with Crippen LogP contribution in [-0.2, 0) is 61.6 Å². The van der Waals surface area contributed by atoms with Crippen molar-refractivity contribution in [2.75, 3.05) is 159 Å². The molecule has 1 atom stereocenters. The Balaban J connectivity index is 3.22. The molecule has 286 valence electrons. The fourth-order valence-electron chi connectivity index (χ4n) is 3.14. The van der Waals surface area contributed by atoms with Crippen LogP contribution in [0.5, 0.6) is 0 Å². The van der Waals surface area contributed by atoms with Crippen LogP contribution in [0.4, 0.5) is 4.79 Å². The highest BCUT2D eigenvalue weighted by molar-refractivity contribution is 5.87. The molecule has 1 unspecified atom stereocenters. The Morgan fingerprint density at radius 2 is 0.771 bits per heavy atom. The first kappa shape index (κ1) is 46.4. The van der Waals surface area contributed by atoms with Crippen molar-refractivity contribution in [2.45, 2.75) is 32.5 Å². The van der Waals surface area contributed by atoms with Crippen LogP contribution in [-0.4, -0.2) is 192 Å². The maximum Gasteiger partial charge on any atom is 0.408 e. The molecule has 0 heterocycles. The van der Waals surface area contributed by atoms with Crippen molar-refractivity contribution in [1.82, 2.24) is 5.32 Å². The van der Waals surface area contributed by atoms with Gasteiger partial charge in [-0.05, 0) is 20.8 Å². The number of aliphatic hydroxyl groups is 2. The SMILES string of the molecule is CC(C)(C)OC(=O)NCC(=O)C(O)COCCOCCOCCOCCOCCOCCOCCOCCOCCOCCOCCO. The van der Waals surface area contributed by atoms with E-state index in [1.54, 1.807) is 20.8 Å². The monoisotopic (exact) mass is 703 g/mol. The minimum atomic E-state index is -1.35. The molecular formula is C31H61NO16. The van der Waals surface area contributed by atoms with Crippen LogP contribution in [0.15, 0.2) is 0 Å². The number of hydrogen-bond donors (Lipinski definition) is 3. The zero-order chi connectivity index (χ0) is 35.4. The first-order valence-corrected chi connectivity index (χ1v) is 16.4. The molecule has 0 aliphatic carbocycles. The van der Waals surface area contributed by atoms with E-state index in [-0.39, 0.29) is 33.0 Å². The topological polar surface area (TPSA) is 197 Å². The van der Waals surface area contributed by atoms with Crippen LogP contribution >= 0.6 is 0 Å². The van der Waals surface area contributed by atoms with Gasteiger partial charge < -0.3 is 72.4 Å². The van der Waals surface area contributed by atoms with E-state index in [1.165, 1.54) is 0 Å². The van der Waals surface area contributed by atoms with Crippen LogP contribution in [0, 0.1) is 0 Å². The molecule has 3 N–H and O–H groups in total. The van der Waals surface area contributed by atoms with E-state index in [1.807, 2.05) is 0 Å². The van der Waals surface area contributed by atoms with E-state index < -0.39 is 23.6 Å². The summed E-state index contributed by atoms with van der Waals surface area (Å²) in [6.45, 7) is 13.7. The van der Waals surface area contributed by atoms with Crippen molar-refractivity contribution in [3.05, 3.63) is 0 Å². The average molecular weight is 704 g/mol. The molecule has 0 aliphatic rings. The summed E-state index contributed by atoms with van der Waals surface area (Å²) in [5, 5.41) is 20.7. The second-order valence-corrected chi connectivity index (χ2v) is 10.8. The van der Waals surface area contributed by atoms with E-state index in [4.69, 9.17) is 61.9 Å². The molecular weight excluding hydrogens is 642 g/mol. The van der Waals surface area contributed by atoms with Gasteiger partial charge in [-0.2, -0.15) is 0 Å². The Labute approximate surface area is 285 Å². The van der Waals surface area contributed by atoms with Gasteiger partial charge in [0, 0.05) is 0 Å². The number of carbonyl (C=O) groups excluding carboxylic acids is 2. The third-order valence-corrected chi connectivity index (χ3v) is 5.41. The van der Waals surface area contributed by atoms with Crippen molar-refractivity contribution >= 4 is 11.9 Å². The highest BCUT2D eigenvalue weighted by atomic mass is 16.6. The molecule has 0 bridgehead atoms. The van der Waals surface area contributed by atoms with Gasteiger partial charge in [0.25, 0.3) is 0 Å². The van der Waals surface area contributed by atoms with Crippen LogP contribution in [0.1, 0.15) is 20.8 Å². The third-order valence-electron chi connectivity index (χ3n) is 5.41. The fraction of sp³-hybridized carbons (Fsp3) is 0.935. The fourth-order valence-corrected chi connectivity index (χ4v) is 3.14. The van der Waals surface area contributed by atoms with Gasteiger partial charge in [-0.15, -0.1) is 0 Å². The zero-order valence-corrected chi connectivity index (χ0v) is 29.2. The number of aliphatic hydroxyl groups excluding tert-OH is 2. The van der Waals surface area contributed by atoms with Crippen LogP contribution in [0.3, 0.4) is 0 Å². The summed E-state index contributed by atoms with van der Waals surface area (Å²) in [6, 6.07) is 0. The minimum absolute atomic E-state index is 0.0151. The molecule has 0 rings (SSSR count). The lowest BCUT2D eigenvalue weighted by atomic mass is 10.2. The lowest BCUT2D eigenvalue weighted by Gasteiger charge is -2.19. The molecule has 0 spiro atoms. The smallest absolute Gasteiger partial charge is 0.408 e. The summed E-state index contributed by atoms with van der Waals surface area (Å²) in [5.41, 5.74) is -0.675. The van der Waals surface area contributed by atoms with Crippen molar-refractivity contribution in [2.24, 2.45) is 0 Å². The average Bonchev–Trinajstić information content (AvgIpc) is 3.04. The summed E-state index contributed by atoms with van der Waals surface area (Å²) in [5.74, 6) is -0.578. The maximum atomic E-state index is 11.8. The summed E-state index contributed by atoms with van der Waals surface area (Å²) in [6.07, 6.45) is -2.08. The number of hydrogen-bond acceptors (Lipinski definition) is 16. The van der Waals surface area contributed by atoms with E-state index >= 15 is 0 Å². The molecule has 17 nitrogen and oxygen atoms in total. The number of Topliss-reactive ketones (excluding diaryl/α,β-unsaturated/α-hetero) is 1. The minimum Gasteiger partial charge on any atom is -0.444 e. The molecule has 0 saturated carbocycles. The Bertz CT molecular complexity index is 713. The first-order valence-electron chi connectivity index (χ1n) is 16.4. The molecule has 0 fully saturated rings. The summed E-state index contributed by atoms with van der Waals surface area (Å²) in [7, 11) is 0. The van der Waals surface area contributed by atoms with Crippen LogP contribution in [0.2, 0.25) is 0 Å². The van der Waals surface area contributed by atoms with Gasteiger partial charge in [0.05, 0.1) is 159 Å². The van der Waals surface area contributed by atoms with Gasteiger partial charge in [-0.1, -0.05) is 0 Å². The zero-order valence-electron chi connectivity index (χ0n) is 29.2. The molecule has 1 amide bonds. The van der Waals surface area contributed by atoms with Crippen molar-refractivity contribution < 1.29 is 76.6 Å². The molecule has 0 aromatic heterocycles. The number of ketones is 1. The maximum absolute atomic E-state index is 11.8. The van der Waals surface area contributed by atoms with Gasteiger partial charge in [-0.25, -0.2) is 4.79 Å². The number of rotatable bonds is 37. The van der Waals surface area contributed by atoms with E-state index in [2.05, 4.69) is 5.32 Å². The van der Waals surface area contributed by atoms with E-state index in [0.29, 0.717) is 126 Å². The number of ether oxygens (including phenoxy) is 12. The predicted molar refractivity (Wildman–Crippen MR) is 171 cm³/mol. The van der Waals surface area contributed by atoms with Crippen LogP contribution < -0.4 is 5.32 Å². The molecule has 0 saturated heterocycles. The highest BCUT2D eigenvalue weighted by Gasteiger charge is 2.19. The van der Waals surface area contributed by atoms with Gasteiger partial charge in [-0.3, -0.25) is 4.79 Å². The molecule has 0 aromatic carbocycles. The summed E-state index contributed by atoms with van der Waals surface area (Å²) < 4.78 is 64.0. The molecule has 0 radical (unpaired) electrons. The van der Waals surface area contributed by atoms with Crippen molar-refractivity contribution in [3.8, 4) is 0 Å². The van der Waals surface area contributed by atoms with Crippen molar-refractivity contribution in [3.63, 3.8) is 0 Å². The standard InChI is InChI=1S/C31H61NO16/c1-31(2,3)48-30(36)32-26-28(34)29(35)27-47-25-24-46-23-22-45-21-20-44-19-18-43-17-16-42-15-14-41-13-12-40-11-10-39-9-8-38-7-6-37-5-4-33/h29,33,35H,4-27H2,1-3H3,(H,32,36). The highest BCUT2D eigenvalue weighted by Crippen LogP contribution is 2.06. The lowest BCUT2D eigenvalue weighted by Crippen LogP contribution is -2.40. The van der Waals surface area contributed by atoms with Crippen molar-refractivity contribution in [1.29, 1.82) is 0 Å². The largest absolute Gasteiger partial charge is 0.444 e. The number of nitrogens with one attached hydrogen (secondary N) is 1. The normalized spacial score (nSPS) is 12.4. The van der Waals surface area contributed by atoms with Gasteiger partial charge in [0.1, 0.15) is 11.7 Å². The number of carbonyl (C=O) groups is 2.